The van der Waals surface area contributed by atoms with E-state index < -0.39 is 0 Å². The molecule has 0 heterocycles. The highest BCUT2D eigenvalue weighted by molar-refractivity contribution is 6.24. The summed E-state index contributed by atoms with van der Waals surface area (Å²) in [4.78, 5) is 4.01. The molecule has 0 aromatic carbocycles. The molecule has 10 heavy (non-hydrogen) atoms. The lowest BCUT2D eigenvalue weighted by atomic mass is 10.2. The largest absolute Gasteiger partial charge is 0.268 e. The fourth-order valence-corrected chi connectivity index (χ4v) is 0.710. The summed E-state index contributed by atoms with van der Waals surface area (Å²) in [6.07, 6.45) is 5.75. The summed E-state index contributed by atoms with van der Waals surface area (Å²) < 4.78 is 0. The van der Waals surface area contributed by atoms with Gasteiger partial charge in [0.25, 0.3) is 0 Å². The van der Waals surface area contributed by atoms with Crippen molar-refractivity contribution in [2.24, 2.45) is 4.99 Å². The molecule has 0 spiro atoms. The van der Waals surface area contributed by atoms with Gasteiger partial charge in [-0.3, -0.25) is 4.99 Å². The number of nitrogens with zero attached hydrogens (tertiary/aromatic N) is 1. The maximum Gasteiger partial charge on any atom is 0.0577 e. The molecule has 0 rings (SSSR count). The van der Waals surface area contributed by atoms with Gasteiger partial charge in [-0.25, -0.2) is 0 Å². The van der Waals surface area contributed by atoms with E-state index in [9.17, 15) is 0 Å². The van der Waals surface area contributed by atoms with Crippen molar-refractivity contribution in [2.45, 2.75) is 26.7 Å². The topological polar surface area (TPSA) is 12.4 Å². The van der Waals surface area contributed by atoms with Gasteiger partial charge in [0.05, 0.1) is 5.88 Å². The number of alkyl halides is 1. The molecule has 0 unspecified atom stereocenters. The van der Waals surface area contributed by atoms with Gasteiger partial charge in [-0.1, -0.05) is 19.4 Å². The summed E-state index contributed by atoms with van der Waals surface area (Å²) >= 11 is 5.39. The van der Waals surface area contributed by atoms with E-state index in [1.165, 1.54) is 5.57 Å². The second kappa shape index (κ2) is 6.81. The predicted octanol–water partition coefficient (Wildman–Crippen LogP) is 3.00. The molecule has 0 N–H and O–H groups in total. The highest BCUT2D eigenvalue weighted by Crippen LogP contribution is 2.04. The Kier molecular flexibility index (Phi) is 6.61. The van der Waals surface area contributed by atoms with Crippen LogP contribution in [-0.4, -0.2) is 12.1 Å². The van der Waals surface area contributed by atoms with Gasteiger partial charge >= 0.3 is 0 Å². The molecule has 1 nitrogen and oxygen atoms in total. The number of rotatable bonds is 4. The van der Waals surface area contributed by atoms with Crippen LogP contribution >= 0.6 is 11.6 Å². The minimum atomic E-state index is 0.497. The van der Waals surface area contributed by atoms with Crippen molar-refractivity contribution in [3.8, 4) is 0 Å². The van der Waals surface area contributed by atoms with E-state index in [1.54, 1.807) is 6.21 Å². The van der Waals surface area contributed by atoms with Gasteiger partial charge in [0.1, 0.15) is 0 Å². The van der Waals surface area contributed by atoms with Crippen LogP contribution in [0.25, 0.3) is 0 Å². The average Bonchev–Trinajstić information content (AvgIpc) is 1.99. The van der Waals surface area contributed by atoms with E-state index >= 15 is 0 Å². The van der Waals surface area contributed by atoms with Crippen LogP contribution in [0.15, 0.2) is 16.8 Å². The molecule has 0 fully saturated rings. The van der Waals surface area contributed by atoms with Crippen molar-refractivity contribution >= 4 is 17.8 Å². The van der Waals surface area contributed by atoms with E-state index in [0.717, 1.165) is 12.8 Å². The minimum Gasteiger partial charge on any atom is -0.268 e. The third-order valence-electron chi connectivity index (χ3n) is 1.34. The van der Waals surface area contributed by atoms with Gasteiger partial charge in [-0.2, -0.15) is 0 Å². The Hall–Kier alpha value is -0.300. The lowest BCUT2D eigenvalue weighted by Gasteiger charge is -1.94. The zero-order chi connectivity index (χ0) is 7.82. The first-order valence-corrected chi connectivity index (χ1v) is 4.14. The van der Waals surface area contributed by atoms with Gasteiger partial charge in [0.2, 0.25) is 0 Å². The van der Waals surface area contributed by atoms with Crippen molar-refractivity contribution < 1.29 is 0 Å². The molecule has 0 aliphatic rings. The number of hydrogen-bond acceptors (Lipinski definition) is 1. The molecule has 0 amide bonds. The van der Waals surface area contributed by atoms with E-state index in [0.29, 0.717) is 5.88 Å². The minimum absolute atomic E-state index is 0.497. The lowest BCUT2D eigenvalue weighted by Crippen LogP contribution is -1.76. The van der Waals surface area contributed by atoms with Crippen molar-refractivity contribution in [2.75, 3.05) is 5.88 Å². The third kappa shape index (κ3) is 4.57. The summed E-state index contributed by atoms with van der Waals surface area (Å²) in [6, 6.07) is 0. The van der Waals surface area contributed by atoms with E-state index in [-0.39, 0.29) is 0 Å². The number of allylic oxidation sites excluding steroid dienone is 1. The fraction of sp³-hybridized carbons (Fsp3) is 0.625. The van der Waals surface area contributed by atoms with E-state index in [1.807, 2.05) is 6.20 Å². The summed E-state index contributed by atoms with van der Waals surface area (Å²) in [7, 11) is 0. The Bertz CT molecular complexity index is 121. The highest BCUT2D eigenvalue weighted by Gasteiger charge is 1.85. The summed E-state index contributed by atoms with van der Waals surface area (Å²) in [6.45, 7) is 4.26. The summed E-state index contributed by atoms with van der Waals surface area (Å²) in [5, 5.41) is 0. The fourth-order valence-electron chi connectivity index (χ4n) is 0.631. The molecular weight excluding hydrogens is 146 g/mol. The zero-order valence-electron chi connectivity index (χ0n) is 6.60. The standard InChI is InChI=1S/C8H14ClN/c1-3-8(4-2)7-10-6-5-9/h6-7H,3-5H2,1-2H3/b10-6-. The number of halogens is 1. The third-order valence-corrected chi connectivity index (χ3v) is 1.48. The van der Waals surface area contributed by atoms with Crippen LogP contribution in [0.4, 0.5) is 0 Å². The normalized spacial score (nSPS) is 10.3. The molecule has 0 aliphatic heterocycles. The van der Waals surface area contributed by atoms with Crippen molar-refractivity contribution in [1.82, 2.24) is 0 Å². The van der Waals surface area contributed by atoms with Crippen LogP contribution in [0.1, 0.15) is 26.7 Å². The van der Waals surface area contributed by atoms with Gasteiger partial charge in [0.15, 0.2) is 0 Å². The first-order chi connectivity index (χ1) is 4.85. The zero-order valence-corrected chi connectivity index (χ0v) is 7.36. The Balaban J connectivity index is 3.74. The monoisotopic (exact) mass is 159 g/mol. The van der Waals surface area contributed by atoms with Gasteiger partial charge in [0, 0.05) is 12.4 Å². The molecule has 2 heteroatoms. The molecular formula is C8H14ClN. The SMILES string of the molecule is CCC(=C/N=C\CCl)CC. The lowest BCUT2D eigenvalue weighted by molar-refractivity contribution is 0.969. The molecule has 0 aromatic rings. The van der Waals surface area contributed by atoms with Crippen molar-refractivity contribution in [3.63, 3.8) is 0 Å². The molecule has 0 atom stereocenters. The second-order valence-corrected chi connectivity index (χ2v) is 2.29. The molecule has 0 aromatic heterocycles. The van der Waals surface area contributed by atoms with Gasteiger partial charge < -0.3 is 0 Å². The number of hydrogen-bond donors (Lipinski definition) is 0. The first-order valence-electron chi connectivity index (χ1n) is 3.60. The predicted molar refractivity (Wildman–Crippen MR) is 47.9 cm³/mol. The van der Waals surface area contributed by atoms with Crippen LogP contribution in [0.3, 0.4) is 0 Å². The van der Waals surface area contributed by atoms with Crippen LogP contribution < -0.4 is 0 Å². The number of aliphatic imine (C=N–C) groups is 1. The molecule has 0 saturated carbocycles. The average molecular weight is 160 g/mol. The van der Waals surface area contributed by atoms with Crippen LogP contribution in [0.5, 0.6) is 0 Å². The Labute approximate surface area is 67.8 Å². The van der Waals surface area contributed by atoms with E-state index in [4.69, 9.17) is 11.6 Å². The van der Waals surface area contributed by atoms with Gasteiger partial charge in [-0.15, -0.1) is 11.6 Å². The summed E-state index contributed by atoms with van der Waals surface area (Å²) in [5.74, 6) is 0.497. The van der Waals surface area contributed by atoms with E-state index in [2.05, 4.69) is 18.8 Å². The molecule has 58 valence electrons. The molecule has 0 saturated heterocycles. The first kappa shape index (κ1) is 9.70. The Morgan fingerprint density at radius 2 is 2.00 bits per heavy atom. The maximum absolute atomic E-state index is 5.39. The summed E-state index contributed by atoms with van der Waals surface area (Å²) in [5.41, 5.74) is 1.36. The second-order valence-electron chi connectivity index (χ2n) is 1.98. The van der Waals surface area contributed by atoms with Crippen molar-refractivity contribution in [3.05, 3.63) is 11.8 Å². The smallest absolute Gasteiger partial charge is 0.0577 e. The van der Waals surface area contributed by atoms with Crippen LogP contribution in [0.2, 0.25) is 0 Å². The van der Waals surface area contributed by atoms with Crippen LogP contribution in [-0.2, 0) is 0 Å². The Morgan fingerprint density at radius 1 is 1.40 bits per heavy atom. The quantitative estimate of drug-likeness (QED) is 0.442. The Morgan fingerprint density at radius 3 is 2.40 bits per heavy atom. The molecule has 0 aliphatic carbocycles. The maximum atomic E-state index is 5.39. The van der Waals surface area contributed by atoms with Gasteiger partial charge in [-0.05, 0) is 12.8 Å². The van der Waals surface area contributed by atoms with Crippen molar-refractivity contribution in [1.29, 1.82) is 0 Å². The highest BCUT2D eigenvalue weighted by atomic mass is 35.5. The molecule has 0 radical (unpaired) electrons. The van der Waals surface area contributed by atoms with Crippen LogP contribution in [0, 0.1) is 0 Å². The molecule has 0 bridgehead atoms.